The monoisotopic (exact) mass is 177 g/mol. The number of aliphatic hydroxyl groups is 1. The van der Waals surface area contributed by atoms with E-state index in [4.69, 9.17) is 20.1 Å². The Labute approximate surface area is 69.0 Å². The van der Waals surface area contributed by atoms with Gasteiger partial charge in [-0.3, -0.25) is 14.5 Å². The van der Waals surface area contributed by atoms with E-state index in [1.807, 2.05) is 0 Å². The third-order valence-corrected chi connectivity index (χ3v) is 1.02. The summed E-state index contributed by atoms with van der Waals surface area (Å²) in [6, 6.07) is 0. The number of rotatable bonds is 2. The van der Waals surface area contributed by atoms with Gasteiger partial charge in [0.2, 0.25) is 0 Å². The lowest BCUT2D eigenvalue weighted by molar-refractivity contribution is -0.137. The fourth-order valence-corrected chi connectivity index (χ4v) is 0.506. The van der Waals surface area contributed by atoms with Gasteiger partial charge in [0.25, 0.3) is 5.97 Å². The van der Waals surface area contributed by atoms with Crippen molar-refractivity contribution < 1.29 is 24.9 Å². The molecule has 0 saturated carbocycles. The summed E-state index contributed by atoms with van der Waals surface area (Å²) in [5.41, 5.74) is 0. The van der Waals surface area contributed by atoms with E-state index >= 15 is 0 Å². The highest BCUT2D eigenvalue weighted by molar-refractivity contribution is 5.69. The Morgan fingerprint density at radius 1 is 1.50 bits per heavy atom. The highest BCUT2D eigenvalue weighted by Gasteiger charge is 2.32. The molecule has 1 aliphatic rings. The molecule has 1 fully saturated rings. The number of β-amino-alcohol motifs (C(OH)–C–C–N with tert-alkyl or cyclic N) is 1. The molecule has 3 N–H and O–H groups in total. The topological polar surface area (TPSA) is 97.8 Å². The van der Waals surface area contributed by atoms with Gasteiger partial charge in [-0.1, -0.05) is 0 Å². The molecule has 1 saturated heterocycles. The van der Waals surface area contributed by atoms with Crippen LogP contribution in [-0.2, 0) is 9.59 Å². The van der Waals surface area contributed by atoms with E-state index in [9.17, 15) is 4.79 Å². The van der Waals surface area contributed by atoms with Crippen LogP contribution in [0.3, 0.4) is 0 Å². The Morgan fingerprint density at radius 3 is 1.92 bits per heavy atom. The van der Waals surface area contributed by atoms with Crippen LogP contribution in [0.25, 0.3) is 0 Å². The van der Waals surface area contributed by atoms with Crippen LogP contribution in [0.4, 0.5) is 0 Å². The second-order valence-corrected chi connectivity index (χ2v) is 2.32. The van der Waals surface area contributed by atoms with Crippen molar-refractivity contribution in [2.75, 3.05) is 13.1 Å². The largest absolute Gasteiger partial charge is 0.481 e. The molecule has 0 amide bonds. The van der Waals surface area contributed by atoms with Gasteiger partial charge in [0.1, 0.15) is 6.23 Å². The molecule has 0 aromatic heterocycles. The quantitative estimate of drug-likeness (QED) is 0.458. The summed E-state index contributed by atoms with van der Waals surface area (Å²) in [5, 5.41) is 24.0. The maximum Gasteiger partial charge on any atom is 0.317 e. The fraction of sp³-hybridized carbons (Fsp3) is 0.667. The van der Waals surface area contributed by atoms with Gasteiger partial charge in [0.05, 0.1) is 6.54 Å². The van der Waals surface area contributed by atoms with Crippen LogP contribution in [0.15, 0.2) is 0 Å². The molecule has 6 nitrogen and oxygen atoms in total. The highest BCUT2D eigenvalue weighted by atomic mass is 16.4. The summed E-state index contributed by atoms with van der Waals surface area (Å²) < 4.78 is 0. The number of hydrogen-bond donors (Lipinski definition) is 3. The predicted octanol–water partition coefficient (Wildman–Crippen LogP) is -1.20. The normalized spacial score (nSPS) is 25.2. The summed E-state index contributed by atoms with van der Waals surface area (Å²) in [7, 11) is 0. The van der Waals surface area contributed by atoms with Gasteiger partial charge in [0.15, 0.2) is 0 Å². The molecule has 1 heterocycles. The zero-order valence-electron chi connectivity index (χ0n) is 6.60. The number of aliphatic carboxylic acids is 2. The molecule has 12 heavy (non-hydrogen) atoms. The minimum Gasteiger partial charge on any atom is -0.481 e. The zero-order chi connectivity index (χ0) is 9.72. The summed E-state index contributed by atoms with van der Waals surface area (Å²) in [6.07, 6.45) is -0.494. The Morgan fingerprint density at radius 2 is 1.83 bits per heavy atom. The molecule has 0 bridgehead atoms. The fourth-order valence-electron chi connectivity index (χ4n) is 0.506. The van der Waals surface area contributed by atoms with Crippen LogP contribution in [0.2, 0.25) is 0 Å². The number of carboxylic acids is 2. The van der Waals surface area contributed by atoms with Gasteiger partial charge in [-0.2, -0.15) is 0 Å². The molecule has 6 heteroatoms. The van der Waals surface area contributed by atoms with Crippen molar-refractivity contribution in [3.05, 3.63) is 0 Å². The van der Waals surface area contributed by atoms with Crippen molar-refractivity contribution >= 4 is 11.9 Å². The van der Waals surface area contributed by atoms with Gasteiger partial charge in [0, 0.05) is 13.5 Å². The van der Waals surface area contributed by atoms with Crippen LogP contribution < -0.4 is 0 Å². The highest BCUT2D eigenvalue weighted by Crippen LogP contribution is 2.11. The Bertz CT molecular complexity index is 177. The van der Waals surface area contributed by atoms with Crippen molar-refractivity contribution in [1.82, 2.24) is 4.90 Å². The van der Waals surface area contributed by atoms with E-state index in [0.29, 0.717) is 6.54 Å². The van der Waals surface area contributed by atoms with Crippen molar-refractivity contribution in [2.45, 2.75) is 13.2 Å². The molecule has 1 rings (SSSR count). The standard InChI is InChI=1S/C4H7NO3.C2H4O2/c6-3-1-5(3)2-4(7)8;1-2(3)4/h3,6H,1-2H2,(H,7,8);1H3,(H,3,4). The number of aliphatic hydroxyl groups excluding tert-OH is 1. The molecule has 2 atom stereocenters. The van der Waals surface area contributed by atoms with Crippen molar-refractivity contribution in [3.63, 3.8) is 0 Å². The summed E-state index contributed by atoms with van der Waals surface area (Å²) >= 11 is 0. The van der Waals surface area contributed by atoms with Crippen LogP contribution in [0.1, 0.15) is 6.92 Å². The predicted molar refractivity (Wildman–Crippen MR) is 38.5 cm³/mol. The summed E-state index contributed by atoms with van der Waals surface area (Å²) in [4.78, 5) is 20.3. The van der Waals surface area contributed by atoms with Crippen LogP contribution >= 0.6 is 0 Å². The molecule has 0 aromatic carbocycles. The van der Waals surface area contributed by atoms with E-state index in [1.165, 1.54) is 4.90 Å². The van der Waals surface area contributed by atoms with E-state index in [-0.39, 0.29) is 6.54 Å². The first-order valence-corrected chi connectivity index (χ1v) is 3.27. The lowest BCUT2D eigenvalue weighted by atomic mass is 10.7. The van der Waals surface area contributed by atoms with Crippen molar-refractivity contribution in [3.8, 4) is 0 Å². The lowest BCUT2D eigenvalue weighted by Gasteiger charge is -1.90. The number of carbonyl (C=O) groups is 2. The SMILES string of the molecule is CC(=O)O.O=C(O)CN1CC1O. The molecule has 0 spiro atoms. The Hall–Kier alpha value is -1.14. The maximum absolute atomic E-state index is 9.84. The minimum atomic E-state index is -0.887. The van der Waals surface area contributed by atoms with Crippen LogP contribution in [0.5, 0.6) is 0 Å². The first kappa shape index (κ1) is 10.9. The summed E-state index contributed by atoms with van der Waals surface area (Å²) in [5.74, 6) is -1.72. The average molecular weight is 177 g/mol. The molecule has 0 aliphatic carbocycles. The lowest BCUT2D eigenvalue weighted by Crippen LogP contribution is -2.13. The third kappa shape index (κ3) is 6.97. The van der Waals surface area contributed by atoms with Crippen molar-refractivity contribution in [1.29, 1.82) is 0 Å². The van der Waals surface area contributed by atoms with E-state index in [1.54, 1.807) is 0 Å². The van der Waals surface area contributed by atoms with Gasteiger partial charge < -0.3 is 15.3 Å². The molecule has 0 radical (unpaired) electrons. The van der Waals surface area contributed by atoms with E-state index in [2.05, 4.69) is 0 Å². The van der Waals surface area contributed by atoms with Crippen molar-refractivity contribution in [2.24, 2.45) is 0 Å². The van der Waals surface area contributed by atoms with Gasteiger partial charge in [-0.25, -0.2) is 0 Å². The Kier molecular flexibility index (Phi) is 4.24. The second kappa shape index (κ2) is 4.68. The second-order valence-electron chi connectivity index (χ2n) is 2.32. The van der Waals surface area contributed by atoms with Crippen LogP contribution in [0, 0.1) is 0 Å². The Balaban J connectivity index is 0.000000261. The number of hydrogen-bond acceptors (Lipinski definition) is 4. The molecular formula is C6H11NO5. The first-order chi connectivity index (χ1) is 5.43. The molecule has 0 aromatic rings. The molecule has 1 aliphatic heterocycles. The average Bonchev–Trinajstić information content (AvgIpc) is 2.42. The molecule has 2 unspecified atom stereocenters. The zero-order valence-corrected chi connectivity index (χ0v) is 6.60. The van der Waals surface area contributed by atoms with E-state index in [0.717, 1.165) is 6.92 Å². The van der Waals surface area contributed by atoms with Gasteiger partial charge in [-0.05, 0) is 0 Å². The number of carboxylic acid groups (broad SMARTS) is 2. The maximum atomic E-state index is 9.84. The molecule has 70 valence electrons. The minimum absolute atomic E-state index is 0.0405. The van der Waals surface area contributed by atoms with Gasteiger partial charge >= 0.3 is 5.97 Å². The van der Waals surface area contributed by atoms with Gasteiger partial charge in [-0.15, -0.1) is 0 Å². The van der Waals surface area contributed by atoms with Crippen LogP contribution in [-0.4, -0.2) is 51.5 Å². The first-order valence-electron chi connectivity index (χ1n) is 3.27. The number of nitrogens with zero attached hydrogens (tertiary/aromatic N) is 1. The summed E-state index contributed by atoms with van der Waals surface area (Å²) in [6.45, 7) is 1.55. The van der Waals surface area contributed by atoms with E-state index < -0.39 is 18.2 Å². The third-order valence-electron chi connectivity index (χ3n) is 1.02. The molecular weight excluding hydrogens is 166 g/mol. The smallest absolute Gasteiger partial charge is 0.317 e.